The fourth-order valence-corrected chi connectivity index (χ4v) is 5.48. The van der Waals surface area contributed by atoms with Crippen LogP contribution in [0.2, 0.25) is 0 Å². The van der Waals surface area contributed by atoms with Crippen LogP contribution in [0.15, 0.2) is 18.2 Å². The topological polar surface area (TPSA) is 67.9 Å². The molecule has 4 rings (SSSR count). The van der Waals surface area contributed by atoms with Crippen molar-refractivity contribution >= 4 is 11.7 Å². The maximum atomic E-state index is 12.8. The van der Waals surface area contributed by atoms with E-state index in [2.05, 4.69) is 10.2 Å². The number of carbonyl (C=O) groups is 2. The lowest BCUT2D eigenvalue weighted by Crippen LogP contribution is -2.51. The molecule has 3 atom stereocenters. The monoisotopic (exact) mass is 428 g/mol. The number of fused-ring (bicyclic) bond motifs is 3. The molecular formula is C25H36N2O4. The number of piperidine rings is 1. The molecule has 31 heavy (non-hydrogen) atoms. The van der Waals surface area contributed by atoms with Gasteiger partial charge in [-0.2, -0.15) is 0 Å². The van der Waals surface area contributed by atoms with Crippen LogP contribution in [0.5, 0.6) is 11.5 Å². The molecular weight excluding hydrogens is 392 g/mol. The highest BCUT2D eigenvalue weighted by Gasteiger charge is 2.41. The molecule has 170 valence electrons. The number of ether oxygens (including phenoxy) is 2. The van der Waals surface area contributed by atoms with Gasteiger partial charge in [0.15, 0.2) is 17.3 Å². The van der Waals surface area contributed by atoms with E-state index in [4.69, 9.17) is 9.47 Å². The number of nitrogens with zero attached hydrogens (tertiary/aromatic N) is 1. The van der Waals surface area contributed by atoms with Crippen molar-refractivity contribution in [2.24, 2.45) is 5.92 Å². The molecule has 3 aliphatic heterocycles. The highest BCUT2D eigenvalue weighted by atomic mass is 16.6. The molecule has 0 saturated carbocycles. The standard InChI is InChI=1S/C25H36N2O4/c1-25(2,3)26-23(29)16-27-18-10-11-19(27)15-17(14-18)6-4-8-21(28)20-7-5-9-22-24(20)31-13-12-30-22/h5,7,9,17-19H,4,6,8,10-16H2,1-3H3,(H,26,29)/t17?,18-,19?/m0/s1. The Bertz CT molecular complexity index is 802. The third-order valence-electron chi connectivity index (χ3n) is 6.71. The zero-order valence-corrected chi connectivity index (χ0v) is 19.1. The van der Waals surface area contributed by atoms with E-state index in [1.165, 1.54) is 12.8 Å². The van der Waals surface area contributed by atoms with Crippen molar-refractivity contribution in [2.75, 3.05) is 19.8 Å². The van der Waals surface area contributed by atoms with E-state index in [0.29, 0.717) is 61.2 Å². The van der Waals surface area contributed by atoms with Gasteiger partial charge in [0, 0.05) is 24.0 Å². The Morgan fingerprint density at radius 2 is 1.81 bits per heavy atom. The van der Waals surface area contributed by atoms with Crippen molar-refractivity contribution < 1.29 is 19.1 Å². The summed E-state index contributed by atoms with van der Waals surface area (Å²) in [6, 6.07) is 6.59. The molecule has 0 aliphatic carbocycles. The minimum absolute atomic E-state index is 0.130. The van der Waals surface area contributed by atoms with Crippen molar-refractivity contribution in [3.05, 3.63) is 23.8 Å². The molecule has 2 fully saturated rings. The van der Waals surface area contributed by atoms with Crippen molar-refractivity contribution in [1.29, 1.82) is 0 Å². The number of nitrogens with one attached hydrogen (secondary N) is 1. The van der Waals surface area contributed by atoms with Gasteiger partial charge in [0.05, 0.1) is 12.1 Å². The second-order valence-electron chi connectivity index (χ2n) is 10.3. The number of carbonyl (C=O) groups excluding carboxylic acids is 2. The highest BCUT2D eigenvalue weighted by molar-refractivity contribution is 5.99. The van der Waals surface area contributed by atoms with Crippen LogP contribution in [-0.4, -0.2) is 54.0 Å². The molecule has 0 radical (unpaired) electrons. The van der Waals surface area contributed by atoms with Gasteiger partial charge in [-0.25, -0.2) is 0 Å². The number of para-hydroxylation sites is 1. The van der Waals surface area contributed by atoms with Crippen LogP contribution >= 0.6 is 0 Å². The summed E-state index contributed by atoms with van der Waals surface area (Å²) in [6.07, 6.45) is 7.19. The van der Waals surface area contributed by atoms with E-state index < -0.39 is 0 Å². The van der Waals surface area contributed by atoms with Gasteiger partial charge in [0.25, 0.3) is 0 Å². The van der Waals surface area contributed by atoms with Gasteiger partial charge in [-0.05, 0) is 77.3 Å². The lowest BCUT2D eigenvalue weighted by Gasteiger charge is -2.39. The van der Waals surface area contributed by atoms with E-state index in [0.717, 1.165) is 25.7 Å². The van der Waals surface area contributed by atoms with Gasteiger partial charge < -0.3 is 14.8 Å². The fraction of sp³-hybridized carbons (Fsp3) is 0.680. The zero-order chi connectivity index (χ0) is 22.0. The first-order valence-electron chi connectivity index (χ1n) is 11.8. The Hall–Kier alpha value is -2.08. The second-order valence-corrected chi connectivity index (χ2v) is 10.3. The number of ketones is 1. The summed E-state index contributed by atoms with van der Waals surface area (Å²) in [6.45, 7) is 7.61. The number of rotatable bonds is 7. The fourth-order valence-electron chi connectivity index (χ4n) is 5.48. The maximum absolute atomic E-state index is 12.8. The minimum Gasteiger partial charge on any atom is -0.486 e. The molecule has 0 aromatic heterocycles. The zero-order valence-electron chi connectivity index (χ0n) is 19.1. The molecule has 2 saturated heterocycles. The molecule has 1 amide bonds. The quantitative estimate of drug-likeness (QED) is 0.666. The third kappa shape index (κ3) is 5.40. The first-order chi connectivity index (χ1) is 14.8. The maximum Gasteiger partial charge on any atom is 0.234 e. The van der Waals surface area contributed by atoms with E-state index in [9.17, 15) is 9.59 Å². The molecule has 2 bridgehead atoms. The van der Waals surface area contributed by atoms with E-state index in [-0.39, 0.29) is 17.2 Å². The van der Waals surface area contributed by atoms with Crippen LogP contribution in [0.25, 0.3) is 0 Å². The van der Waals surface area contributed by atoms with Gasteiger partial charge in [-0.15, -0.1) is 0 Å². The van der Waals surface area contributed by atoms with Crippen LogP contribution in [-0.2, 0) is 4.79 Å². The molecule has 3 aliphatic rings. The normalized spacial score (nSPS) is 25.3. The van der Waals surface area contributed by atoms with Crippen molar-refractivity contribution in [3.63, 3.8) is 0 Å². The van der Waals surface area contributed by atoms with Gasteiger partial charge in [0.2, 0.25) is 5.91 Å². The SMILES string of the molecule is CC(C)(C)NC(=O)CN1C2CC[C@H]1CC(CCCC(=O)c1cccc3c1OCCO3)C2. The molecule has 6 heteroatoms. The Labute approximate surface area is 185 Å². The molecule has 3 heterocycles. The summed E-state index contributed by atoms with van der Waals surface area (Å²) < 4.78 is 11.3. The predicted octanol–water partition coefficient (Wildman–Crippen LogP) is 3.97. The Morgan fingerprint density at radius 1 is 1.10 bits per heavy atom. The number of hydrogen-bond acceptors (Lipinski definition) is 5. The van der Waals surface area contributed by atoms with Crippen molar-refractivity contribution in [2.45, 2.75) is 83.3 Å². The Kier molecular flexibility index (Phi) is 6.56. The highest BCUT2D eigenvalue weighted by Crippen LogP contribution is 2.40. The summed E-state index contributed by atoms with van der Waals surface area (Å²) in [7, 11) is 0. The van der Waals surface area contributed by atoms with Crippen LogP contribution in [0.1, 0.15) is 76.1 Å². The first kappa shape index (κ1) is 22.1. The van der Waals surface area contributed by atoms with Crippen LogP contribution in [0.3, 0.4) is 0 Å². The van der Waals surface area contributed by atoms with Crippen LogP contribution < -0.4 is 14.8 Å². The summed E-state index contributed by atoms with van der Waals surface area (Å²) in [5, 5.41) is 3.09. The molecule has 1 N–H and O–H groups in total. The molecule has 6 nitrogen and oxygen atoms in total. The first-order valence-corrected chi connectivity index (χ1v) is 11.8. The van der Waals surface area contributed by atoms with Gasteiger partial charge in [-0.3, -0.25) is 14.5 Å². The van der Waals surface area contributed by atoms with E-state index in [1.54, 1.807) is 0 Å². The van der Waals surface area contributed by atoms with Gasteiger partial charge >= 0.3 is 0 Å². The predicted molar refractivity (Wildman–Crippen MR) is 120 cm³/mol. The summed E-state index contributed by atoms with van der Waals surface area (Å²) in [5.41, 5.74) is 0.466. The average Bonchev–Trinajstić information content (AvgIpc) is 2.94. The summed E-state index contributed by atoms with van der Waals surface area (Å²) in [4.78, 5) is 27.6. The molecule has 0 spiro atoms. The number of hydrogen-bond donors (Lipinski definition) is 1. The van der Waals surface area contributed by atoms with Gasteiger partial charge in [-0.1, -0.05) is 6.07 Å². The molecule has 2 unspecified atom stereocenters. The lowest BCUT2D eigenvalue weighted by atomic mass is 9.86. The largest absolute Gasteiger partial charge is 0.486 e. The number of Topliss-reactive ketones (excluding diaryl/α,β-unsaturated/α-hetero) is 1. The van der Waals surface area contributed by atoms with Crippen molar-refractivity contribution in [1.82, 2.24) is 10.2 Å². The Balaban J connectivity index is 1.25. The number of amides is 1. The lowest BCUT2D eigenvalue weighted by molar-refractivity contribution is -0.125. The number of benzene rings is 1. The van der Waals surface area contributed by atoms with Crippen LogP contribution in [0.4, 0.5) is 0 Å². The molecule has 1 aromatic rings. The van der Waals surface area contributed by atoms with Crippen LogP contribution in [0, 0.1) is 5.92 Å². The smallest absolute Gasteiger partial charge is 0.234 e. The molecule has 1 aromatic carbocycles. The minimum atomic E-state index is -0.184. The van der Waals surface area contributed by atoms with E-state index in [1.807, 2.05) is 39.0 Å². The Morgan fingerprint density at radius 3 is 2.52 bits per heavy atom. The second kappa shape index (κ2) is 9.19. The van der Waals surface area contributed by atoms with E-state index >= 15 is 0 Å². The van der Waals surface area contributed by atoms with Crippen molar-refractivity contribution in [3.8, 4) is 11.5 Å². The summed E-state index contributed by atoms with van der Waals surface area (Å²) >= 11 is 0. The summed E-state index contributed by atoms with van der Waals surface area (Å²) in [5.74, 6) is 2.21. The van der Waals surface area contributed by atoms with Gasteiger partial charge in [0.1, 0.15) is 13.2 Å². The average molecular weight is 429 g/mol. The third-order valence-corrected chi connectivity index (χ3v) is 6.71.